The summed E-state index contributed by atoms with van der Waals surface area (Å²) in [6.07, 6.45) is 4.45. The fourth-order valence-corrected chi connectivity index (χ4v) is 4.32. The molecule has 0 saturated carbocycles. The zero-order chi connectivity index (χ0) is 20.4. The quantitative estimate of drug-likeness (QED) is 0.423. The van der Waals surface area contributed by atoms with Gasteiger partial charge in [-0.15, -0.1) is 15.8 Å². The molecule has 0 spiro atoms. The van der Waals surface area contributed by atoms with Crippen LogP contribution in [0.2, 0.25) is 4.34 Å². The van der Waals surface area contributed by atoms with Crippen molar-refractivity contribution in [1.82, 2.24) is 9.80 Å². The number of benzene rings is 2. The van der Waals surface area contributed by atoms with Crippen LogP contribution in [0.15, 0.2) is 79.0 Å². The second kappa shape index (κ2) is 7.75. The Bertz CT molecular complexity index is 1140. The number of urea groups is 1. The van der Waals surface area contributed by atoms with Gasteiger partial charge < -0.3 is 0 Å². The molecule has 0 bridgehead atoms. The summed E-state index contributed by atoms with van der Waals surface area (Å²) in [5, 5.41) is 2.68. The maximum Gasteiger partial charge on any atom is 0.438 e. The van der Waals surface area contributed by atoms with E-state index in [-0.39, 0.29) is 5.82 Å². The number of hydrogen-bond acceptors (Lipinski definition) is 3. The van der Waals surface area contributed by atoms with Crippen LogP contribution in [-0.4, -0.2) is 11.9 Å². The Morgan fingerprint density at radius 2 is 1.76 bits per heavy atom. The lowest BCUT2D eigenvalue weighted by Crippen LogP contribution is -2.55. The molecule has 1 atom stereocenters. The molecule has 144 valence electrons. The first-order valence-electron chi connectivity index (χ1n) is 8.72. The number of rotatable bonds is 4. The third-order valence-corrected chi connectivity index (χ3v) is 5.84. The Hall–Kier alpha value is -3.06. The Kier molecular flexibility index (Phi) is 5.15. The third kappa shape index (κ3) is 3.42. The van der Waals surface area contributed by atoms with Crippen LogP contribution in [0.4, 0.5) is 14.9 Å². The zero-order valence-corrected chi connectivity index (χ0v) is 16.6. The SMILES string of the molecule is O=C(C=Cc1ccc(F)cc1)[N+]1(c2ccccc2)C(=O)NC=C1c1ccc(Cl)s1. The largest absolute Gasteiger partial charge is 0.438 e. The van der Waals surface area contributed by atoms with Crippen molar-refractivity contribution in [2.45, 2.75) is 0 Å². The van der Waals surface area contributed by atoms with Crippen LogP contribution in [0.5, 0.6) is 0 Å². The van der Waals surface area contributed by atoms with E-state index in [1.807, 2.05) is 6.07 Å². The van der Waals surface area contributed by atoms with E-state index in [4.69, 9.17) is 11.6 Å². The van der Waals surface area contributed by atoms with E-state index in [0.717, 1.165) is 0 Å². The van der Waals surface area contributed by atoms with Crippen LogP contribution in [0, 0.1) is 5.82 Å². The molecule has 29 heavy (non-hydrogen) atoms. The number of thiophene rings is 1. The van der Waals surface area contributed by atoms with Crippen molar-refractivity contribution in [1.29, 1.82) is 0 Å². The number of carbonyl (C=O) groups is 2. The van der Waals surface area contributed by atoms with Crippen molar-refractivity contribution >= 4 is 52.3 Å². The number of amides is 3. The van der Waals surface area contributed by atoms with Gasteiger partial charge in [0.2, 0.25) is 0 Å². The molecule has 7 heteroatoms. The van der Waals surface area contributed by atoms with Gasteiger partial charge in [0.25, 0.3) is 0 Å². The highest BCUT2D eigenvalue weighted by Crippen LogP contribution is 2.41. The summed E-state index contributed by atoms with van der Waals surface area (Å²) < 4.78 is 13.1. The molecule has 1 N–H and O–H groups in total. The van der Waals surface area contributed by atoms with Gasteiger partial charge >= 0.3 is 11.9 Å². The van der Waals surface area contributed by atoms with Crippen LogP contribution in [0.1, 0.15) is 10.4 Å². The van der Waals surface area contributed by atoms with Crippen molar-refractivity contribution in [3.63, 3.8) is 0 Å². The number of hydrogen-bond donors (Lipinski definition) is 1. The molecule has 0 fully saturated rings. The number of halogens is 2. The molecule has 1 aliphatic heterocycles. The Labute approximate surface area is 175 Å². The van der Waals surface area contributed by atoms with Gasteiger partial charge in [-0.05, 0) is 35.9 Å². The summed E-state index contributed by atoms with van der Waals surface area (Å²) in [5.41, 5.74) is 1.65. The summed E-state index contributed by atoms with van der Waals surface area (Å²) in [6, 6.07) is 17.6. The van der Waals surface area contributed by atoms with E-state index >= 15 is 0 Å². The van der Waals surface area contributed by atoms with Gasteiger partial charge in [0.05, 0.1) is 15.4 Å². The van der Waals surface area contributed by atoms with Crippen molar-refractivity contribution in [3.8, 4) is 0 Å². The van der Waals surface area contributed by atoms with Gasteiger partial charge in [0.1, 0.15) is 5.82 Å². The minimum absolute atomic E-state index is 0.361. The average Bonchev–Trinajstić information content (AvgIpc) is 3.31. The molecule has 4 nitrogen and oxygen atoms in total. The smallest absolute Gasteiger partial charge is 0.275 e. The van der Waals surface area contributed by atoms with Gasteiger partial charge in [-0.2, -0.15) is 0 Å². The lowest BCUT2D eigenvalue weighted by Gasteiger charge is -2.27. The monoisotopic (exact) mass is 425 g/mol. The van der Waals surface area contributed by atoms with E-state index in [0.29, 0.717) is 26.2 Å². The Morgan fingerprint density at radius 1 is 1.03 bits per heavy atom. The molecular formula is C22H15ClFN2O2S+. The molecule has 4 rings (SSSR count). The van der Waals surface area contributed by atoms with Crippen LogP contribution >= 0.6 is 22.9 Å². The normalized spacial score (nSPS) is 18.7. The molecule has 3 amide bonds. The summed E-state index contributed by atoms with van der Waals surface area (Å²) in [5.74, 6) is -0.814. The van der Waals surface area contributed by atoms with E-state index in [1.54, 1.807) is 60.8 Å². The second-order valence-electron chi connectivity index (χ2n) is 6.31. The highest BCUT2D eigenvalue weighted by atomic mass is 35.5. The molecule has 2 heterocycles. The molecule has 3 aromatic rings. The summed E-state index contributed by atoms with van der Waals surface area (Å²) >= 11 is 7.39. The van der Waals surface area contributed by atoms with Crippen LogP contribution in [0.3, 0.4) is 0 Å². The lowest BCUT2D eigenvalue weighted by molar-refractivity contribution is -0.120. The zero-order valence-electron chi connectivity index (χ0n) is 15.0. The molecule has 0 radical (unpaired) electrons. The number of carbonyl (C=O) groups excluding carboxylic acids is 2. The first-order valence-corrected chi connectivity index (χ1v) is 9.91. The molecule has 2 aromatic carbocycles. The standard InChI is InChI=1S/C22H14ClFN2O2S/c23-20-12-11-19(29-20)18-14-25-22(28)26(18,17-4-2-1-3-5-17)21(27)13-8-15-6-9-16(24)10-7-15/h1-14H/p+1. The van der Waals surface area contributed by atoms with Crippen molar-refractivity contribution < 1.29 is 14.0 Å². The number of para-hydroxylation sites is 1. The lowest BCUT2D eigenvalue weighted by atomic mass is 10.1. The number of nitrogens with one attached hydrogen (secondary N) is 1. The summed E-state index contributed by atoms with van der Waals surface area (Å²) in [7, 11) is 0. The molecular weight excluding hydrogens is 411 g/mol. The van der Waals surface area contributed by atoms with Gasteiger partial charge in [0, 0.05) is 18.2 Å². The maximum absolute atomic E-state index is 13.5. The minimum Gasteiger partial charge on any atom is -0.275 e. The fraction of sp³-hybridized carbons (Fsp3) is 0. The second-order valence-corrected chi connectivity index (χ2v) is 8.03. The third-order valence-electron chi connectivity index (χ3n) is 4.59. The highest BCUT2D eigenvalue weighted by Gasteiger charge is 2.54. The molecule has 1 aliphatic rings. The summed E-state index contributed by atoms with van der Waals surface area (Å²) in [4.78, 5) is 27.3. The number of imide groups is 1. The van der Waals surface area contributed by atoms with Gasteiger partial charge in [-0.25, -0.2) is 14.0 Å². The number of quaternary nitrogens is 1. The van der Waals surface area contributed by atoms with E-state index in [9.17, 15) is 14.0 Å². The van der Waals surface area contributed by atoms with E-state index in [1.165, 1.54) is 29.5 Å². The maximum atomic E-state index is 13.5. The number of nitrogens with zero attached hydrogens (tertiary/aromatic N) is 1. The molecule has 1 unspecified atom stereocenters. The van der Waals surface area contributed by atoms with Gasteiger partial charge in [-0.1, -0.05) is 41.9 Å². The highest BCUT2D eigenvalue weighted by molar-refractivity contribution is 7.17. The van der Waals surface area contributed by atoms with Crippen LogP contribution in [-0.2, 0) is 4.79 Å². The van der Waals surface area contributed by atoms with Crippen molar-refractivity contribution in [2.24, 2.45) is 0 Å². The van der Waals surface area contributed by atoms with E-state index < -0.39 is 16.4 Å². The van der Waals surface area contributed by atoms with Crippen LogP contribution < -0.4 is 9.80 Å². The van der Waals surface area contributed by atoms with Crippen molar-refractivity contribution in [3.05, 3.63) is 99.6 Å². The first-order chi connectivity index (χ1) is 14.0. The fourth-order valence-electron chi connectivity index (χ4n) is 3.23. The molecule has 1 aromatic heterocycles. The Balaban J connectivity index is 1.83. The van der Waals surface area contributed by atoms with Gasteiger partial charge in [-0.3, -0.25) is 5.32 Å². The molecule has 0 aliphatic carbocycles. The molecule has 0 saturated heterocycles. The predicted octanol–water partition coefficient (Wildman–Crippen LogP) is 5.81. The summed E-state index contributed by atoms with van der Waals surface area (Å²) in [6.45, 7) is 0. The van der Waals surface area contributed by atoms with Crippen molar-refractivity contribution in [2.75, 3.05) is 0 Å². The van der Waals surface area contributed by atoms with Gasteiger partial charge in [0.15, 0.2) is 11.4 Å². The minimum atomic E-state index is -0.643. The predicted molar refractivity (Wildman–Crippen MR) is 115 cm³/mol. The van der Waals surface area contributed by atoms with Crippen LogP contribution in [0.25, 0.3) is 11.8 Å². The topological polar surface area (TPSA) is 46.2 Å². The first kappa shape index (κ1) is 19.3. The Morgan fingerprint density at radius 3 is 2.41 bits per heavy atom. The average molecular weight is 426 g/mol. The van der Waals surface area contributed by atoms with E-state index in [2.05, 4.69) is 5.32 Å².